The molecule has 0 spiro atoms. The normalized spacial score (nSPS) is 30.5. The summed E-state index contributed by atoms with van der Waals surface area (Å²) in [6.07, 6.45) is 0.539. The first-order chi connectivity index (χ1) is 11.4. The second kappa shape index (κ2) is 6.46. The van der Waals surface area contributed by atoms with Gasteiger partial charge >= 0.3 is 11.9 Å². The van der Waals surface area contributed by atoms with Crippen molar-refractivity contribution >= 4 is 29.6 Å². The molecule has 2 rings (SSSR count). The van der Waals surface area contributed by atoms with E-state index in [2.05, 4.69) is 0 Å². The van der Waals surface area contributed by atoms with Gasteiger partial charge in [-0.25, -0.2) is 4.79 Å². The van der Waals surface area contributed by atoms with Crippen molar-refractivity contribution in [3.05, 3.63) is 0 Å². The summed E-state index contributed by atoms with van der Waals surface area (Å²) in [4.78, 5) is 38.5. The van der Waals surface area contributed by atoms with Crippen molar-refractivity contribution in [3.8, 4) is 0 Å². The third-order valence-electron chi connectivity index (χ3n) is 4.72. The van der Waals surface area contributed by atoms with Crippen molar-refractivity contribution < 1.29 is 28.6 Å². The predicted octanol–water partition coefficient (Wildman–Crippen LogP) is 1.93. The van der Waals surface area contributed by atoms with Gasteiger partial charge in [-0.2, -0.15) is 0 Å². The lowest BCUT2D eigenvalue weighted by Gasteiger charge is -2.51. The highest BCUT2D eigenvalue weighted by Crippen LogP contribution is 2.57. The zero-order valence-corrected chi connectivity index (χ0v) is 16.7. The van der Waals surface area contributed by atoms with E-state index in [-0.39, 0.29) is 11.3 Å². The molecule has 1 amide bonds. The molecule has 0 aromatic heterocycles. The van der Waals surface area contributed by atoms with Crippen molar-refractivity contribution in [1.29, 1.82) is 0 Å². The molecule has 0 bridgehead atoms. The molecule has 0 unspecified atom stereocenters. The summed E-state index contributed by atoms with van der Waals surface area (Å²) in [6.45, 7) is 10.4. The van der Waals surface area contributed by atoms with Crippen molar-refractivity contribution in [3.63, 3.8) is 0 Å². The summed E-state index contributed by atoms with van der Waals surface area (Å²) < 4.78 is 15.1. The van der Waals surface area contributed by atoms with Crippen LogP contribution in [0.4, 0.5) is 0 Å². The van der Waals surface area contributed by atoms with Crippen LogP contribution in [-0.4, -0.2) is 58.4 Å². The molecule has 0 aliphatic carbocycles. The minimum atomic E-state index is -0.879. The van der Waals surface area contributed by atoms with E-state index >= 15 is 0 Å². The molecular formula is C17H27NO6S. The number of carbonyl (C=O) groups is 3. The first-order valence-electron chi connectivity index (χ1n) is 8.32. The molecule has 0 aromatic carbocycles. The number of rotatable bonds is 5. The molecule has 2 aliphatic heterocycles. The highest BCUT2D eigenvalue weighted by Gasteiger charge is 2.71. The van der Waals surface area contributed by atoms with Crippen molar-refractivity contribution in [2.75, 3.05) is 13.9 Å². The van der Waals surface area contributed by atoms with Gasteiger partial charge in [-0.3, -0.25) is 9.59 Å². The van der Waals surface area contributed by atoms with Gasteiger partial charge in [0.25, 0.3) is 5.91 Å². The SMILES string of the molecule is CC[C@@]1(OC)C(=O)N2[C@@H](C(=O)OCOC(=O)C(C)(C)C)C(C)(C)S[C@@H]21. The highest BCUT2D eigenvalue weighted by atomic mass is 32.2. The topological polar surface area (TPSA) is 82.1 Å². The Hall–Kier alpha value is -1.28. The summed E-state index contributed by atoms with van der Waals surface area (Å²) in [7, 11) is 1.52. The van der Waals surface area contributed by atoms with E-state index in [0.717, 1.165) is 0 Å². The standard InChI is InChI=1S/C17H27NO6S/c1-8-17(22-7)12(20)18-10(16(5,6)25-13(17)18)11(19)23-9-24-14(21)15(2,3)4/h10,13H,8-9H2,1-7H3/t10-,13+,17+/m0/s1. The molecule has 2 aliphatic rings. The lowest BCUT2D eigenvalue weighted by molar-refractivity contribution is -0.198. The summed E-state index contributed by atoms with van der Waals surface area (Å²) in [6, 6.07) is -0.738. The van der Waals surface area contributed by atoms with Gasteiger partial charge in [0, 0.05) is 11.9 Å². The number of methoxy groups -OCH3 is 1. The zero-order chi connectivity index (χ0) is 19.2. The number of carbonyl (C=O) groups excluding carboxylic acids is 3. The van der Waals surface area contributed by atoms with E-state index in [1.165, 1.54) is 23.8 Å². The van der Waals surface area contributed by atoms with E-state index in [4.69, 9.17) is 14.2 Å². The molecule has 0 aromatic rings. The van der Waals surface area contributed by atoms with Gasteiger partial charge in [0.2, 0.25) is 6.79 Å². The molecule has 0 saturated carbocycles. The molecule has 2 fully saturated rings. The maximum absolute atomic E-state index is 12.6. The zero-order valence-electron chi connectivity index (χ0n) is 15.9. The second-order valence-corrected chi connectivity index (χ2v) is 9.63. The Morgan fingerprint density at radius 1 is 1.24 bits per heavy atom. The number of ether oxygens (including phenoxy) is 3. The summed E-state index contributed by atoms with van der Waals surface area (Å²) in [5, 5.41) is -0.223. The molecule has 7 nitrogen and oxygen atoms in total. The van der Waals surface area contributed by atoms with Gasteiger partial charge < -0.3 is 19.1 Å². The van der Waals surface area contributed by atoms with Gasteiger partial charge in [-0.05, 0) is 41.0 Å². The molecular weight excluding hydrogens is 346 g/mol. The molecule has 2 heterocycles. The van der Waals surface area contributed by atoms with E-state index < -0.39 is 40.5 Å². The van der Waals surface area contributed by atoms with E-state index in [9.17, 15) is 14.4 Å². The molecule has 0 N–H and O–H groups in total. The van der Waals surface area contributed by atoms with Crippen LogP contribution >= 0.6 is 11.8 Å². The molecule has 0 radical (unpaired) electrons. The van der Waals surface area contributed by atoms with Crippen molar-refractivity contribution in [1.82, 2.24) is 4.90 Å². The van der Waals surface area contributed by atoms with Gasteiger partial charge in [0.05, 0.1) is 5.41 Å². The minimum Gasteiger partial charge on any atom is -0.427 e. The van der Waals surface area contributed by atoms with E-state index in [1.807, 2.05) is 20.8 Å². The Morgan fingerprint density at radius 3 is 2.32 bits per heavy atom. The van der Waals surface area contributed by atoms with Gasteiger partial charge in [0.15, 0.2) is 5.60 Å². The lowest BCUT2D eigenvalue weighted by atomic mass is 9.85. The number of thioether (sulfide) groups is 1. The van der Waals surface area contributed by atoms with Gasteiger partial charge in [-0.1, -0.05) is 6.92 Å². The van der Waals surface area contributed by atoms with E-state index in [1.54, 1.807) is 20.8 Å². The van der Waals surface area contributed by atoms with Crippen LogP contribution < -0.4 is 0 Å². The van der Waals surface area contributed by atoms with Crippen LogP contribution in [0.3, 0.4) is 0 Å². The van der Waals surface area contributed by atoms with Crippen molar-refractivity contribution in [2.24, 2.45) is 5.41 Å². The van der Waals surface area contributed by atoms with Crippen molar-refractivity contribution in [2.45, 2.75) is 69.7 Å². The first kappa shape index (κ1) is 20.0. The third-order valence-corrected chi connectivity index (χ3v) is 6.38. The van der Waals surface area contributed by atoms with Crippen LogP contribution in [0.1, 0.15) is 48.0 Å². The summed E-state index contributed by atoms with van der Waals surface area (Å²) >= 11 is 1.53. The minimum absolute atomic E-state index is 0.200. The fourth-order valence-electron chi connectivity index (χ4n) is 3.17. The Bertz CT molecular complexity index is 578. The number of amides is 1. The maximum Gasteiger partial charge on any atom is 0.333 e. The van der Waals surface area contributed by atoms with Crippen LogP contribution in [0.2, 0.25) is 0 Å². The number of nitrogens with zero attached hydrogens (tertiary/aromatic N) is 1. The monoisotopic (exact) mass is 373 g/mol. The number of fused-ring (bicyclic) bond motifs is 1. The number of hydrogen-bond donors (Lipinski definition) is 0. The Kier molecular flexibility index (Phi) is 5.18. The fourth-order valence-corrected chi connectivity index (χ4v) is 4.97. The Balaban J connectivity index is 2.05. The van der Waals surface area contributed by atoms with Crippen LogP contribution in [0, 0.1) is 5.41 Å². The maximum atomic E-state index is 12.6. The number of hydrogen-bond acceptors (Lipinski definition) is 7. The average molecular weight is 373 g/mol. The summed E-state index contributed by atoms with van der Waals surface area (Å²) in [5.74, 6) is -1.23. The number of esters is 2. The quantitative estimate of drug-likeness (QED) is 0.414. The number of β-lactam (4-membered cyclic amide) rings is 1. The summed E-state index contributed by atoms with van der Waals surface area (Å²) in [5.41, 5.74) is -1.55. The Morgan fingerprint density at radius 2 is 1.84 bits per heavy atom. The predicted molar refractivity (Wildman–Crippen MR) is 92.6 cm³/mol. The van der Waals surface area contributed by atoms with Crippen LogP contribution in [0.15, 0.2) is 0 Å². The average Bonchev–Trinajstić information content (AvgIpc) is 2.77. The second-order valence-electron chi connectivity index (χ2n) is 7.90. The van der Waals surface area contributed by atoms with E-state index in [0.29, 0.717) is 6.42 Å². The van der Waals surface area contributed by atoms with Gasteiger partial charge in [-0.15, -0.1) is 11.8 Å². The van der Waals surface area contributed by atoms with Crippen LogP contribution in [-0.2, 0) is 28.6 Å². The fraction of sp³-hybridized carbons (Fsp3) is 0.824. The molecule has 142 valence electrons. The molecule has 25 heavy (non-hydrogen) atoms. The van der Waals surface area contributed by atoms with Gasteiger partial charge in [0.1, 0.15) is 11.4 Å². The lowest BCUT2D eigenvalue weighted by Crippen LogP contribution is -2.74. The first-order valence-corrected chi connectivity index (χ1v) is 9.20. The van der Waals surface area contributed by atoms with Crippen LogP contribution in [0.5, 0.6) is 0 Å². The highest BCUT2D eigenvalue weighted by molar-refractivity contribution is 8.01. The molecule has 2 saturated heterocycles. The largest absolute Gasteiger partial charge is 0.427 e. The molecule has 8 heteroatoms. The Labute approximate surface area is 152 Å². The molecule has 3 atom stereocenters. The third kappa shape index (κ3) is 3.14. The smallest absolute Gasteiger partial charge is 0.333 e. The van der Waals surface area contributed by atoms with Crippen LogP contribution in [0.25, 0.3) is 0 Å².